The van der Waals surface area contributed by atoms with E-state index >= 15 is 0 Å². The molecule has 4 rings (SSSR count). The van der Waals surface area contributed by atoms with E-state index in [1.807, 2.05) is 76.2 Å². The maximum Gasteiger partial charge on any atom is 0.306 e. The highest BCUT2D eigenvalue weighted by molar-refractivity contribution is 5.73. The van der Waals surface area contributed by atoms with Crippen molar-refractivity contribution in [1.29, 1.82) is 0 Å². The molecule has 2 aromatic rings. The molecular weight excluding hydrogens is 785 g/mol. The number of hydroxylamine groups is 4. The van der Waals surface area contributed by atoms with Gasteiger partial charge in [0.05, 0.1) is 0 Å². The lowest BCUT2D eigenvalue weighted by atomic mass is 9.79. The van der Waals surface area contributed by atoms with E-state index in [1.165, 1.54) is 0 Å². The van der Waals surface area contributed by atoms with E-state index in [0.717, 1.165) is 60.8 Å². The molecule has 2 heterocycles. The summed E-state index contributed by atoms with van der Waals surface area (Å²) < 4.78 is 11.5. The SMILES string of the molecule is CC(=O)NC1CC(C)(C)N(OC(C)c2ccc(C(C)OC(=O)CCCCCCC(=O)OC(C)c3ccc(C(C)ON4C(C)(C)CC(NC(C)=O)CC4(C)C)cc3)cc2)C(C)(C)C1.[HH].[HH]. The van der Waals surface area contributed by atoms with Gasteiger partial charge >= 0.3 is 11.9 Å². The monoisotopic (exact) mass is 867 g/mol. The van der Waals surface area contributed by atoms with Gasteiger partial charge in [-0.15, -0.1) is 0 Å². The zero-order valence-electron chi connectivity index (χ0n) is 40.3. The summed E-state index contributed by atoms with van der Waals surface area (Å²) in [4.78, 5) is 62.1. The van der Waals surface area contributed by atoms with Crippen LogP contribution in [-0.4, -0.2) is 68.1 Å². The number of amides is 2. The van der Waals surface area contributed by atoms with Gasteiger partial charge in [0.1, 0.15) is 24.4 Å². The van der Waals surface area contributed by atoms with Crippen molar-refractivity contribution in [1.82, 2.24) is 20.8 Å². The van der Waals surface area contributed by atoms with Crippen molar-refractivity contribution in [3.05, 3.63) is 70.8 Å². The summed E-state index contributed by atoms with van der Waals surface area (Å²) in [6, 6.07) is 16.2. The van der Waals surface area contributed by atoms with Crippen LogP contribution in [0.15, 0.2) is 48.5 Å². The van der Waals surface area contributed by atoms with Gasteiger partial charge < -0.3 is 20.1 Å². The number of nitrogens with one attached hydrogen (secondary N) is 2. The van der Waals surface area contributed by atoms with Crippen molar-refractivity contribution in [3.8, 4) is 0 Å². The summed E-state index contributed by atoms with van der Waals surface area (Å²) in [5.74, 6) is -0.492. The first kappa shape index (κ1) is 50.8. The van der Waals surface area contributed by atoms with E-state index < -0.39 is 0 Å². The molecule has 0 spiro atoms. The third-order valence-electron chi connectivity index (χ3n) is 12.4. The predicted molar refractivity (Wildman–Crippen MR) is 246 cm³/mol. The van der Waals surface area contributed by atoms with Gasteiger partial charge in [-0.2, -0.15) is 10.1 Å². The largest absolute Gasteiger partial charge is 0.458 e. The van der Waals surface area contributed by atoms with Crippen LogP contribution in [0.4, 0.5) is 0 Å². The highest BCUT2D eigenvalue weighted by atomic mass is 16.7. The van der Waals surface area contributed by atoms with Crippen molar-refractivity contribution in [2.75, 3.05) is 0 Å². The molecule has 12 nitrogen and oxygen atoms in total. The maximum atomic E-state index is 12.7. The fourth-order valence-corrected chi connectivity index (χ4v) is 9.93. The quantitative estimate of drug-likeness (QED) is 0.104. The van der Waals surface area contributed by atoms with Crippen molar-refractivity contribution in [3.63, 3.8) is 0 Å². The molecular formula is C50H82N4O8. The van der Waals surface area contributed by atoms with Crippen LogP contribution >= 0.6 is 0 Å². The highest BCUT2D eigenvalue weighted by Gasteiger charge is 2.48. The van der Waals surface area contributed by atoms with Crippen LogP contribution in [0.5, 0.6) is 0 Å². The first-order valence-corrected chi connectivity index (χ1v) is 22.9. The Kier molecular flexibility index (Phi) is 17.4. The number of ether oxygens (including phenoxy) is 2. The molecule has 0 saturated carbocycles. The van der Waals surface area contributed by atoms with E-state index in [0.29, 0.717) is 25.7 Å². The Labute approximate surface area is 375 Å². The van der Waals surface area contributed by atoms with Crippen molar-refractivity contribution in [2.24, 2.45) is 0 Å². The first-order chi connectivity index (χ1) is 28.8. The van der Waals surface area contributed by atoms with Crippen LogP contribution < -0.4 is 10.6 Å². The van der Waals surface area contributed by atoms with Crippen molar-refractivity contribution in [2.45, 2.75) is 220 Å². The Balaban J connectivity index is 0.00000704. The summed E-state index contributed by atoms with van der Waals surface area (Å²) in [5, 5.41) is 10.4. The molecule has 0 radical (unpaired) electrons. The third-order valence-corrected chi connectivity index (χ3v) is 12.4. The molecule has 0 aromatic heterocycles. The number of nitrogens with zero attached hydrogens (tertiary/aromatic N) is 2. The fraction of sp³-hybridized carbons (Fsp3) is 0.680. The zero-order chi connectivity index (χ0) is 46.2. The highest BCUT2D eigenvalue weighted by Crippen LogP contribution is 2.42. The lowest BCUT2D eigenvalue weighted by Crippen LogP contribution is -2.64. The molecule has 2 aromatic carbocycles. The van der Waals surface area contributed by atoms with E-state index in [4.69, 9.17) is 19.1 Å². The molecule has 2 N–H and O–H groups in total. The van der Waals surface area contributed by atoms with Crippen LogP contribution in [0.2, 0.25) is 0 Å². The van der Waals surface area contributed by atoms with E-state index in [2.05, 4.69) is 76.1 Å². The lowest BCUT2D eigenvalue weighted by molar-refractivity contribution is -0.306. The van der Waals surface area contributed by atoms with E-state index in [9.17, 15) is 19.2 Å². The summed E-state index contributed by atoms with van der Waals surface area (Å²) in [5.41, 5.74) is 2.75. The fourth-order valence-electron chi connectivity index (χ4n) is 9.93. The van der Waals surface area contributed by atoms with Crippen LogP contribution in [0.1, 0.15) is 211 Å². The average molecular weight is 867 g/mol. The number of benzene rings is 2. The molecule has 0 aliphatic carbocycles. The minimum Gasteiger partial charge on any atom is -0.458 e. The van der Waals surface area contributed by atoms with Crippen molar-refractivity contribution < 1.29 is 41.2 Å². The number of carbonyl (C=O) groups is 4. The summed E-state index contributed by atoms with van der Waals surface area (Å²) >= 11 is 0. The van der Waals surface area contributed by atoms with Crippen LogP contribution in [-0.2, 0) is 38.3 Å². The minimum atomic E-state index is -0.381. The number of esters is 2. The molecule has 4 atom stereocenters. The Morgan fingerprint density at radius 1 is 0.516 bits per heavy atom. The summed E-state index contributed by atoms with van der Waals surface area (Å²) in [7, 11) is 0. The molecule has 2 aliphatic rings. The number of hydrogen-bond donors (Lipinski definition) is 2. The standard InChI is InChI=1S/C50H78N4O8.2H2/c1-33(39-21-25-41(26-22-39)35(3)61-53-47(7,8)29-43(51-37(5)55)30-48(53,9)10)59-45(57)19-17-15-16-18-20-46(58)60-34(2)40-23-27-42(28-24-40)36(4)62-54-49(11,12)31-44(52-38(6)56)32-50(54,13)14;;/h21-28,33-36,43-44H,15-20,29-32H2,1-14H3,(H,51,55)(H,52,56);2*1H. The second-order valence-corrected chi connectivity index (χ2v) is 20.5. The molecule has 2 saturated heterocycles. The normalized spacial score (nSPS) is 20.9. The number of piperidine rings is 2. The second-order valence-electron chi connectivity index (χ2n) is 20.5. The van der Waals surface area contributed by atoms with Gasteiger partial charge in [0.25, 0.3) is 0 Å². The first-order valence-electron chi connectivity index (χ1n) is 22.9. The third kappa shape index (κ3) is 14.3. The van der Waals surface area contributed by atoms with Crippen LogP contribution in [0, 0.1) is 0 Å². The summed E-state index contributed by atoms with van der Waals surface area (Å²) in [6.07, 6.45) is 5.67. The molecule has 2 amide bonds. The van der Waals surface area contributed by atoms with E-state index in [-0.39, 0.29) is 85.3 Å². The maximum absolute atomic E-state index is 12.7. The molecule has 62 heavy (non-hydrogen) atoms. The Hall–Kier alpha value is -3.84. The van der Waals surface area contributed by atoms with Gasteiger partial charge in [-0.05, 0) is 144 Å². The minimum absolute atomic E-state index is 0. The molecule has 0 bridgehead atoms. The smallest absolute Gasteiger partial charge is 0.306 e. The molecule has 4 unspecified atom stereocenters. The topological polar surface area (TPSA) is 136 Å². The Bertz CT molecular complexity index is 1650. The van der Waals surface area contributed by atoms with Gasteiger partial charge in [-0.1, -0.05) is 61.4 Å². The van der Waals surface area contributed by atoms with Gasteiger partial charge in [-0.25, -0.2) is 0 Å². The number of hydrogen-bond acceptors (Lipinski definition) is 10. The van der Waals surface area contributed by atoms with Gasteiger partial charge in [0.15, 0.2) is 0 Å². The summed E-state index contributed by atoms with van der Waals surface area (Å²) in [6.45, 7) is 28.2. The van der Waals surface area contributed by atoms with Gasteiger partial charge in [-0.3, -0.25) is 28.9 Å². The number of rotatable bonds is 19. The molecule has 2 aliphatic heterocycles. The van der Waals surface area contributed by atoms with E-state index in [1.54, 1.807) is 13.8 Å². The molecule has 2 fully saturated rings. The van der Waals surface area contributed by atoms with Gasteiger partial charge in [0, 0.05) is 63.8 Å². The average Bonchev–Trinajstić information content (AvgIpc) is 3.14. The number of carbonyl (C=O) groups excluding carboxylic acids is 4. The Morgan fingerprint density at radius 3 is 1.03 bits per heavy atom. The zero-order valence-corrected chi connectivity index (χ0v) is 40.3. The number of unbranched alkanes of at least 4 members (excludes halogenated alkanes) is 3. The van der Waals surface area contributed by atoms with Crippen LogP contribution in [0.3, 0.4) is 0 Å². The van der Waals surface area contributed by atoms with Crippen LogP contribution in [0.25, 0.3) is 0 Å². The van der Waals surface area contributed by atoms with Crippen molar-refractivity contribution >= 4 is 23.8 Å². The van der Waals surface area contributed by atoms with Gasteiger partial charge in [0.2, 0.25) is 11.8 Å². The second kappa shape index (κ2) is 21.2. The Morgan fingerprint density at radius 2 is 0.774 bits per heavy atom. The molecule has 12 heteroatoms. The predicted octanol–water partition coefficient (Wildman–Crippen LogP) is 10.7. The lowest BCUT2D eigenvalue weighted by Gasteiger charge is -2.54. The molecule has 350 valence electrons.